The van der Waals surface area contributed by atoms with Crippen LogP contribution in [0.1, 0.15) is 26.7 Å². The molecule has 0 saturated carbocycles. The normalized spacial score (nSPS) is 18.2. The van der Waals surface area contributed by atoms with Gasteiger partial charge in [0.2, 0.25) is 0 Å². The molecule has 0 spiro atoms. The third kappa shape index (κ3) is 3.33. The molecule has 2 nitrogen and oxygen atoms in total. The summed E-state index contributed by atoms with van der Waals surface area (Å²) in [4.78, 5) is 4.16. The van der Waals surface area contributed by atoms with Gasteiger partial charge in [0, 0.05) is 11.3 Å². The molecule has 1 N–H and O–H groups in total. The summed E-state index contributed by atoms with van der Waals surface area (Å²) in [6, 6.07) is 0.187. The van der Waals surface area contributed by atoms with Crippen molar-refractivity contribution in [3.05, 3.63) is 29.3 Å². The maximum absolute atomic E-state index is 13.6. The molecule has 0 saturated heterocycles. The zero-order valence-corrected chi connectivity index (χ0v) is 12.5. The van der Waals surface area contributed by atoms with Gasteiger partial charge in [0.15, 0.2) is 28.4 Å². The van der Waals surface area contributed by atoms with Crippen LogP contribution in [0.15, 0.2) is 11.1 Å². The van der Waals surface area contributed by atoms with Crippen molar-refractivity contribution in [2.45, 2.75) is 31.9 Å². The predicted molar refractivity (Wildman–Crippen MR) is 77.6 cm³/mol. The van der Waals surface area contributed by atoms with Gasteiger partial charge in [-0.2, -0.15) is 0 Å². The number of rotatable bonds is 4. The molecule has 2 rings (SSSR count). The van der Waals surface area contributed by atoms with Gasteiger partial charge in [-0.05, 0) is 5.92 Å². The first-order valence-corrected chi connectivity index (χ1v) is 7.66. The van der Waals surface area contributed by atoms with Crippen LogP contribution in [-0.4, -0.2) is 17.0 Å². The van der Waals surface area contributed by atoms with Gasteiger partial charge >= 0.3 is 0 Å². The van der Waals surface area contributed by atoms with Crippen LogP contribution in [0, 0.1) is 29.2 Å². The maximum atomic E-state index is 13.6. The SMILES string of the molecule is CCC(CC)C1CN=C(Nc2c(F)c(F)cc(F)c2F)S1. The highest BCUT2D eigenvalue weighted by Crippen LogP contribution is 2.33. The molecule has 1 aromatic rings. The molecule has 0 bridgehead atoms. The lowest BCUT2D eigenvalue weighted by molar-refractivity contribution is 0.459. The first-order valence-electron chi connectivity index (χ1n) is 6.79. The number of nitrogens with zero attached hydrogens (tertiary/aromatic N) is 1. The van der Waals surface area contributed by atoms with Crippen LogP contribution in [0.2, 0.25) is 0 Å². The van der Waals surface area contributed by atoms with Gasteiger partial charge in [0.1, 0.15) is 5.69 Å². The Balaban J connectivity index is 2.14. The molecule has 0 aromatic heterocycles. The number of anilines is 1. The maximum Gasteiger partial charge on any atom is 0.185 e. The second-order valence-corrected chi connectivity index (χ2v) is 6.07. The molecule has 1 aliphatic heterocycles. The largest absolute Gasteiger partial charge is 0.330 e. The Kier molecular flexibility index (Phi) is 5.13. The summed E-state index contributed by atoms with van der Waals surface area (Å²) in [6.45, 7) is 4.67. The molecule has 116 valence electrons. The molecule has 1 unspecified atom stereocenters. The predicted octanol–water partition coefficient (Wildman–Crippen LogP) is 4.56. The fourth-order valence-electron chi connectivity index (χ4n) is 2.31. The lowest BCUT2D eigenvalue weighted by atomic mass is 9.99. The Morgan fingerprint density at radius 3 is 2.29 bits per heavy atom. The minimum absolute atomic E-state index is 0.187. The molecule has 0 fully saturated rings. The fraction of sp³-hybridized carbons (Fsp3) is 0.500. The molecular formula is C14H16F4N2S. The van der Waals surface area contributed by atoms with E-state index in [9.17, 15) is 17.6 Å². The summed E-state index contributed by atoms with van der Waals surface area (Å²) in [6.07, 6.45) is 1.96. The van der Waals surface area contributed by atoms with E-state index in [0.29, 0.717) is 12.5 Å². The number of benzene rings is 1. The van der Waals surface area contributed by atoms with Gasteiger partial charge in [0.05, 0.1) is 6.54 Å². The van der Waals surface area contributed by atoms with E-state index >= 15 is 0 Å². The van der Waals surface area contributed by atoms with Crippen molar-refractivity contribution in [3.63, 3.8) is 0 Å². The first-order chi connectivity index (χ1) is 9.97. The van der Waals surface area contributed by atoms with E-state index in [0.717, 1.165) is 12.8 Å². The van der Waals surface area contributed by atoms with Crippen LogP contribution in [-0.2, 0) is 0 Å². The van der Waals surface area contributed by atoms with Crippen molar-refractivity contribution >= 4 is 22.6 Å². The van der Waals surface area contributed by atoms with Gasteiger partial charge in [-0.3, -0.25) is 4.99 Å². The average molecular weight is 320 g/mol. The number of thioether (sulfide) groups is 1. The zero-order valence-electron chi connectivity index (χ0n) is 11.7. The Bertz CT molecular complexity index is 532. The summed E-state index contributed by atoms with van der Waals surface area (Å²) in [5.74, 6) is -5.31. The van der Waals surface area contributed by atoms with Gasteiger partial charge in [-0.15, -0.1) is 0 Å². The zero-order chi connectivity index (χ0) is 15.6. The molecule has 21 heavy (non-hydrogen) atoms. The minimum Gasteiger partial charge on any atom is -0.330 e. The Hall–Kier alpha value is -1.24. The summed E-state index contributed by atoms with van der Waals surface area (Å²) in [7, 11) is 0. The van der Waals surface area contributed by atoms with Crippen molar-refractivity contribution in [2.24, 2.45) is 10.9 Å². The van der Waals surface area contributed by atoms with E-state index in [-0.39, 0.29) is 16.5 Å². The van der Waals surface area contributed by atoms with Crippen LogP contribution in [0.3, 0.4) is 0 Å². The van der Waals surface area contributed by atoms with E-state index in [1.54, 1.807) is 0 Å². The number of hydrogen-bond acceptors (Lipinski definition) is 3. The summed E-state index contributed by atoms with van der Waals surface area (Å²) in [5.41, 5.74) is -0.830. The number of nitrogens with one attached hydrogen (secondary N) is 1. The molecule has 0 radical (unpaired) electrons. The molecule has 1 atom stereocenters. The molecule has 1 aromatic carbocycles. The molecular weight excluding hydrogens is 304 g/mol. The lowest BCUT2D eigenvalue weighted by Gasteiger charge is -2.18. The Labute approximate surface area is 125 Å². The van der Waals surface area contributed by atoms with Crippen molar-refractivity contribution < 1.29 is 17.6 Å². The first kappa shape index (κ1) is 16.1. The van der Waals surface area contributed by atoms with E-state index in [2.05, 4.69) is 24.2 Å². The average Bonchev–Trinajstić information content (AvgIpc) is 2.91. The Morgan fingerprint density at radius 1 is 1.19 bits per heavy atom. The third-order valence-electron chi connectivity index (χ3n) is 3.60. The molecule has 7 heteroatoms. The highest BCUT2D eigenvalue weighted by atomic mass is 32.2. The van der Waals surface area contributed by atoms with Crippen molar-refractivity contribution in [1.29, 1.82) is 0 Å². The van der Waals surface area contributed by atoms with Crippen LogP contribution >= 0.6 is 11.8 Å². The molecule has 0 aliphatic carbocycles. The number of halogens is 4. The Morgan fingerprint density at radius 2 is 1.76 bits per heavy atom. The van der Waals surface area contributed by atoms with E-state index in [4.69, 9.17) is 0 Å². The van der Waals surface area contributed by atoms with Crippen molar-refractivity contribution in [1.82, 2.24) is 0 Å². The second-order valence-electron chi connectivity index (χ2n) is 4.85. The minimum atomic E-state index is -1.44. The van der Waals surface area contributed by atoms with Gasteiger partial charge in [0.25, 0.3) is 0 Å². The molecule has 0 amide bonds. The van der Waals surface area contributed by atoms with Crippen LogP contribution in [0.4, 0.5) is 23.2 Å². The topological polar surface area (TPSA) is 24.4 Å². The van der Waals surface area contributed by atoms with E-state index in [1.807, 2.05) is 0 Å². The van der Waals surface area contributed by atoms with Gasteiger partial charge in [-0.25, -0.2) is 17.6 Å². The van der Waals surface area contributed by atoms with Crippen molar-refractivity contribution in [2.75, 3.05) is 11.9 Å². The summed E-state index contributed by atoms with van der Waals surface area (Å²) < 4.78 is 53.4. The number of amidine groups is 1. The standard InChI is InChI=1S/C14H16F4N2S/c1-3-7(4-2)10-6-19-14(21-10)20-13-11(17)8(15)5-9(16)12(13)18/h5,7,10H,3-4,6H2,1-2H3,(H,19,20). The summed E-state index contributed by atoms with van der Waals surface area (Å²) in [5, 5.41) is 2.88. The monoisotopic (exact) mass is 320 g/mol. The van der Waals surface area contributed by atoms with E-state index in [1.165, 1.54) is 11.8 Å². The number of hydrogen-bond donors (Lipinski definition) is 1. The quantitative estimate of drug-likeness (QED) is 0.649. The third-order valence-corrected chi connectivity index (χ3v) is 4.89. The number of aliphatic imine (C=N–C) groups is 1. The van der Waals surface area contributed by atoms with Crippen LogP contribution in [0.5, 0.6) is 0 Å². The highest BCUT2D eigenvalue weighted by Gasteiger charge is 2.28. The molecule has 1 heterocycles. The van der Waals surface area contributed by atoms with Gasteiger partial charge < -0.3 is 5.32 Å². The van der Waals surface area contributed by atoms with Crippen molar-refractivity contribution in [3.8, 4) is 0 Å². The fourth-order valence-corrected chi connectivity index (χ4v) is 3.63. The highest BCUT2D eigenvalue weighted by molar-refractivity contribution is 8.15. The summed E-state index contributed by atoms with van der Waals surface area (Å²) >= 11 is 1.35. The molecule has 1 aliphatic rings. The van der Waals surface area contributed by atoms with Crippen LogP contribution in [0.25, 0.3) is 0 Å². The van der Waals surface area contributed by atoms with Crippen LogP contribution < -0.4 is 5.32 Å². The van der Waals surface area contributed by atoms with Gasteiger partial charge in [-0.1, -0.05) is 38.5 Å². The smallest absolute Gasteiger partial charge is 0.185 e. The lowest BCUT2D eigenvalue weighted by Crippen LogP contribution is -2.18. The van der Waals surface area contributed by atoms with E-state index < -0.39 is 29.0 Å². The second kappa shape index (κ2) is 6.68.